The third-order valence-corrected chi connectivity index (χ3v) is 6.48. The number of thiocarbonyl (C=S) groups is 1. The van der Waals surface area contributed by atoms with Crippen molar-refractivity contribution in [1.29, 1.82) is 0 Å². The highest BCUT2D eigenvalue weighted by molar-refractivity contribution is 7.90. The molecule has 1 fully saturated rings. The maximum atomic E-state index is 13.8. The van der Waals surface area contributed by atoms with E-state index in [1.54, 1.807) is 0 Å². The Morgan fingerprint density at radius 3 is 2.06 bits per heavy atom. The standard InChI is InChI=1S/C15H23F9N4O2S2/c1-8(2)10(28-11(31)26-6-9-4-3-5-25-9)7-27-32(29,30)15(23,24)13(18,19)12(16,17)14(20,21)22/h8-10,25,27H,3-7H2,1-2H3,(H2,26,28,31)/t9-,10-/m0/s1. The zero-order valence-electron chi connectivity index (χ0n) is 16.8. The Kier molecular flexibility index (Phi) is 9.09. The molecule has 2 atom stereocenters. The Morgan fingerprint density at radius 1 is 1.06 bits per heavy atom. The lowest BCUT2D eigenvalue weighted by Crippen LogP contribution is -2.65. The van der Waals surface area contributed by atoms with Crippen LogP contribution in [0.25, 0.3) is 0 Å². The quantitative estimate of drug-likeness (QED) is 0.259. The zero-order chi connectivity index (χ0) is 25.2. The van der Waals surface area contributed by atoms with E-state index in [1.807, 2.05) is 0 Å². The van der Waals surface area contributed by atoms with Gasteiger partial charge in [-0.05, 0) is 37.5 Å². The smallest absolute Gasteiger partial charge is 0.361 e. The van der Waals surface area contributed by atoms with Crippen LogP contribution in [0, 0.1) is 5.92 Å². The third-order valence-electron chi connectivity index (χ3n) is 4.74. The van der Waals surface area contributed by atoms with E-state index in [0.29, 0.717) is 6.54 Å². The number of hydrogen-bond acceptors (Lipinski definition) is 4. The Morgan fingerprint density at radius 2 is 1.62 bits per heavy atom. The summed E-state index contributed by atoms with van der Waals surface area (Å²) in [6.07, 6.45) is -5.33. The van der Waals surface area contributed by atoms with E-state index in [-0.39, 0.29) is 11.2 Å². The summed E-state index contributed by atoms with van der Waals surface area (Å²) in [4.78, 5) is 0. The highest BCUT2D eigenvalue weighted by Gasteiger charge is 2.85. The molecule has 1 heterocycles. The van der Waals surface area contributed by atoms with Crippen LogP contribution in [0.4, 0.5) is 39.5 Å². The van der Waals surface area contributed by atoms with Gasteiger partial charge in [-0.3, -0.25) is 0 Å². The van der Waals surface area contributed by atoms with Crippen LogP contribution < -0.4 is 20.7 Å². The van der Waals surface area contributed by atoms with Crippen molar-refractivity contribution in [3.05, 3.63) is 0 Å². The molecule has 17 heteroatoms. The van der Waals surface area contributed by atoms with Gasteiger partial charge in [-0.25, -0.2) is 13.1 Å². The van der Waals surface area contributed by atoms with Gasteiger partial charge >= 0.3 is 23.3 Å². The summed E-state index contributed by atoms with van der Waals surface area (Å²) >= 11 is 4.99. The van der Waals surface area contributed by atoms with Gasteiger partial charge in [0.05, 0.1) is 0 Å². The lowest BCUT2D eigenvalue weighted by molar-refractivity contribution is -0.382. The highest BCUT2D eigenvalue weighted by atomic mass is 32.2. The molecule has 1 aliphatic rings. The molecule has 0 radical (unpaired) electrons. The topological polar surface area (TPSA) is 82.3 Å². The van der Waals surface area contributed by atoms with Gasteiger partial charge in [-0.1, -0.05) is 13.8 Å². The molecule has 1 rings (SSSR count). The summed E-state index contributed by atoms with van der Waals surface area (Å²) in [6.45, 7) is 3.07. The first-order chi connectivity index (χ1) is 14.3. The molecule has 0 bridgehead atoms. The van der Waals surface area contributed by atoms with Gasteiger partial charge in [0, 0.05) is 25.2 Å². The van der Waals surface area contributed by atoms with E-state index < -0.39 is 51.8 Å². The van der Waals surface area contributed by atoms with Crippen LogP contribution in [-0.2, 0) is 10.0 Å². The van der Waals surface area contributed by atoms with Gasteiger partial charge in [0.1, 0.15) is 0 Å². The molecule has 190 valence electrons. The van der Waals surface area contributed by atoms with Crippen molar-refractivity contribution in [2.75, 3.05) is 19.6 Å². The van der Waals surface area contributed by atoms with E-state index in [9.17, 15) is 47.9 Å². The first-order valence-electron chi connectivity index (χ1n) is 9.25. The van der Waals surface area contributed by atoms with Gasteiger partial charge in [0.2, 0.25) is 0 Å². The lowest BCUT2D eigenvalue weighted by atomic mass is 10.1. The normalized spacial score (nSPS) is 19.8. The second-order valence-electron chi connectivity index (χ2n) is 7.51. The van der Waals surface area contributed by atoms with Crippen molar-refractivity contribution in [3.63, 3.8) is 0 Å². The minimum atomic E-state index is -7.31. The number of alkyl halides is 9. The molecule has 0 aromatic carbocycles. The molecule has 0 aromatic rings. The van der Waals surface area contributed by atoms with Gasteiger partial charge in [0.15, 0.2) is 5.11 Å². The number of halogens is 9. The number of hydrogen-bond donors (Lipinski definition) is 4. The SMILES string of the molecule is CC(C)[C@H](CNS(=O)(=O)C(F)(F)C(F)(F)C(F)(F)C(F)(F)F)NC(=S)NC[C@@H]1CCCN1. The maximum absolute atomic E-state index is 13.8. The van der Waals surface area contributed by atoms with Gasteiger partial charge < -0.3 is 16.0 Å². The first kappa shape index (κ1) is 29.0. The van der Waals surface area contributed by atoms with Crippen LogP contribution >= 0.6 is 12.2 Å². The minimum absolute atomic E-state index is 0.0303. The Hall–Kier alpha value is -1.07. The molecule has 0 aromatic heterocycles. The van der Waals surface area contributed by atoms with Crippen LogP contribution in [0.3, 0.4) is 0 Å². The number of sulfonamides is 1. The molecule has 1 saturated heterocycles. The molecule has 32 heavy (non-hydrogen) atoms. The predicted molar refractivity (Wildman–Crippen MR) is 101 cm³/mol. The van der Waals surface area contributed by atoms with Crippen LogP contribution in [0.2, 0.25) is 0 Å². The highest BCUT2D eigenvalue weighted by Crippen LogP contribution is 2.54. The summed E-state index contributed by atoms with van der Waals surface area (Å²) in [5.41, 5.74) is 0. The summed E-state index contributed by atoms with van der Waals surface area (Å²) < 4.78 is 141. The fourth-order valence-electron chi connectivity index (χ4n) is 2.64. The maximum Gasteiger partial charge on any atom is 0.460 e. The van der Waals surface area contributed by atoms with Crippen molar-refractivity contribution in [2.45, 2.75) is 62.0 Å². The van der Waals surface area contributed by atoms with E-state index >= 15 is 0 Å². The second-order valence-corrected chi connectivity index (χ2v) is 9.73. The molecular formula is C15H23F9N4O2S2. The molecule has 0 saturated carbocycles. The number of nitrogens with one attached hydrogen (secondary N) is 4. The fourth-order valence-corrected chi connectivity index (χ4v) is 3.92. The Balaban J connectivity index is 2.88. The van der Waals surface area contributed by atoms with Gasteiger partial charge in [-0.15, -0.1) is 0 Å². The van der Waals surface area contributed by atoms with E-state index in [4.69, 9.17) is 12.2 Å². The van der Waals surface area contributed by atoms with Crippen LogP contribution in [0.15, 0.2) is 0 Å². The second kappa shape index (κ2) is 10.0. The van der Waals surface area contributed by atoms with Crippen molar-refractivity contribution < 1.29 is 47.9 Å². The van der Waals surface area contributed by atoms with Crippen LogP contribution in [-0.4, -0.2) is 68.5 Å². The fraction of sp³-hybridized carbons (Fsp3) is 0.933. The summed E-state index contributed by atoms with van der Waals surface area (Å²) in [5.74, 6) is -15.1. The summed E-state index contributed by atoms with van der Waals surface area (Å²) in [5, 5.41) is 1.68. The van der Waals surface area contributed by atoms with Crippen molar-refractivity contribution >= 4 is 27.4 Å². The van der Waals surface area contributed by atoms with E-state index in [2.05, 4.69) is 16.0 Å². The minimum Gasteiger partial charge on any atom is -0.361 e. The molecule has 4 N–H and O–H groups in total. The molecule has 6 nitrogen and oxygen atoms in total. The van der Waals surface area contributed by atoms with Crippen LogP contribution in [0.1, 0.15) is 26.7 Å². The van der Waals surface area contributed by atoms with Crippen molar-refractivity contribution in [2.24, 2.45) is 5.92 Å². The Bertz CT molecular complexity index is 754. The molecular weight excluding hydrogens is 503 g/mol. The van der Waals surface area contributed by atoms with Gasteiger partial charge in [-0.2, -0.15) is 39.5 Å². The molecule has 1 aliphatic heterocycles. The Labute approximate surface area is 184 Å². The van der Waals surface area contributed by atoms with E-state index in [0.717, 1.165) is 24.1 Å². The molecule has 0 spiro atoms. The zero-order valence-corrected chi connectivity index (χ0v) is 18.4. The average molecular weight is 526 g/mol. The largest absolute Gasteiger partial charge is 0.460 e. The average Bonchev–Trinajstić information content (AvgIpc) is 3.15. The molecule has 0 amide bonds. The van der Waals surface area contributed by atoms with Crippen molar-refractivity contribution in [3.8, 4) is 0 Å². The molecule has 0 unspecified atom stereocenters. The van der Waals surface area contributed by atoms with Gasteiger partial charge in [0.25, 0.3) is 10.0 Å². The first-order valence-corrected chi connectivity index (χ1v) is 11.1. The van der Waals surface area contributed by atoms with E-state index in [1.165, 1.54) is 13.8 Å². The summed E-state index contributed by atoms with van der Waals surface area (Å²) in [7, 11) is -6.68. The number of rotatable bonds is 10. The predicted octanol–water partition coefficient (Wildman–Crippen LogP) is 2.57. The van der Waals surface area contributed by atoms with Crippen LogP contribution in [0.5, 0.6) is 0 Å². The summed E-state index contributed by atoms with van der Waals surface area (Å²) in [6, 6.07) is -0.990. The molecule has 0 aliphatic carbocycles. The lowest BCUT2D eigenvalue weighted by Gasteiger charge is -2.33. The van der Waals surface area contributed by atoms with Crippen molar-refractivity contribution in [1.82, 2.24) is 20.7 Å². The third kappa shape index (κ3) is 6.08. The monoisotopic (exact) mass is 526 g/mol.